The third kappa shape index (κ3) is 2.20. The highest BCUT2D eigenvalue weighted by atomic mass is 19.4. The fourth-order valence-corrected chi connectivity index (χ4v) is 1.94. The molecule has 18 heavy (non-hydrogen) atoms. The number of allylic oxidation sites excluding steroid dienone is 3. The molecule has 0 spiro atoms. The minimum atomic E-state index is -4.43. The van der Waals surface area contributed by atoms with Gasteiger partial charge in [-0.3, -0.25) is 0 Å². The second-order valence-electron chi connectivity index (χ2n) is 4.37. The van der Waals surface area contributed by atoms with Gasteiger partial charge >= 0.3 is 6.18 Å². The predicted molar refractivity (Wildman–Crippen MR) is 63.7 cm³/mol. The van der Waals surface area contributed by atoms with E-state index in [1.807, 2.05) is 30.3 Å². The summed E-state index contributed by atoms with van der Waals surface area (Å²) in [5, 5.41) is 9.03. The molecule has 1 aromatic carbocycles. The van der Waals surface area contributed by atoms with Crippen molar-refractivity contribution in [2.75, 3.05) is 6.61 Å². The van der Waals surface area contributed by atoms with Gasteiger partial charge in [0.1, 0.15) is 5.41 Å². The zero-order valence-electron chi connectivity index (χ0n) is 9.61. The van der Waals surface area contributed by atoms with Crippen molar-refractivity contribution in [3.63, 3.8) is 0 Å². The molecule has 0 aliphatic heterocycles. The normalized spacial score (nSPS) is 23.9. The zero-order chi connectivity index (χ0) is 13.2. The van der Waals surface area contributed by atoms with Crippen LogP contribution in [0.2, 0.25) is 0 Å². The summed E-state index contributed by atoms with van der Waals surface area (Å²) in [5.74, 6) is 0. The number of halogens is 3. The first-order chi connectivity index (χ1) is 8.48. The fraction of sp³-hybridized carbons (Fsp3) is 0.286. The van der Waals surface area contributed by atoms with Gasteiger partial charge in [-0.2, -0.15) is 13.2 Å². The van der Waals surface area contributed by atoms with Gasteiger partial charge in [-0.05, 0) is 17.6 Å². The Bertz CT molecular complexity index is 474. The van der Waals surface area contributed by atoms with E-state index >= 15 is 0 Å². The van der Waals surface area contributed by atoms with Gasteiger partial charge < -0.3 is 5.11 Å². The van der Waals surface area contributed by atoms with Gasteiger partial charge in [-0.25, -0.2) is 0 Å². The number of aliphatic hydroxyl groups is 1. The lowest BCUT2D eigenvalue weighted by Gasteiger charge is -2.32. The van der Waals surface area contributed by atoms with Crippen molar-refractivity contribution in [1.82, 2.24) is 0 Å². The molecule has 0 radical (unpaired) electrons. The summed E-state index contributed by atoms with van der Waals surface area (Å²) in [4.78, 5) is 0. The molecule has 1 unspecified atom stereocenters. The van der Waals surface area contributed by atoms with E-state index < -0.39 is 18.2 Å². The molecule has 1 N–H and O–H groups in total. The lowest BCUT2D eigenvalue weighted by atomic mass is 9.79. The Morgan fingerprint density at radius 3 is 2.28 bits per heavy atom. The van der Waals surface area contributed by atoms with Gasteiger partial charge in [0.2, 0.25) is 0 Å². The molecule has 0 bridgehead atoms. The SMILES string of the molecule is OCC1(C(F)(F)F)C=CC(c2ccccc2)=CC1. The van der Waals surface area contributed by atoms with Crippen LogP contribution in [0.15, 0.2) is 48.6 Å². The van der Waals surface area contributed by atoms with E-state index in [2.05, 4.69) is 0 Å². The first kappa shape index (κ1) is 12.9. The molecule has 0 heterocycles. The summed E-state index contributed by atoms with van der Waals surface area (Å²) in [6.07, 6.45) is -0.637. The van der Waals surface area contributed by atoms with E-state index in [1.54, 1.807) is 0 Å². The van der Waals surface area contributed by atoms with Crippen LogP contribution in [-0.2, 0) is 0 Å². The molecule has 0 saturated heterocycles. The summed E-state index contributed by atoms with van der Waals surface area (Å²) in [5.41, 5.74) is -0.503. The van der Waals surface area contributed by atoms with Crippen LogP contribution in [0, 0.1) is 5.41 Å². The van der Waals surface area contributed by atoms with E-state index in [4.69, 9.17) is 5.11 Å². The Hall–Kier alpha value is -1.55. The van der Waals surface area contributed by atoms with Gasteiger partial charge in [0.15, 0.2) is 0 Å². The smallest absolute Gasteiger partial charge is 0.395 e. The van der Waals surface area contributed by atoms with E-state index in [1.165, 1.54) is 12.2 Å². The quantitative estimate of drug-likeness (QED) is 0.855. The van der Waals surface area contributed by atoms with Gasteiger partial charge in [0.05, 0.1) is 6.61 Å². The molecular weight excluding hydrogens is 241 g/mol. The molecule has 1 atom stereocenters. The minimum absolute atomic E-state index is 0.228. The Balaban J connectivity index is 2.26. The second-order valence-corrected chi connectivity index (χ2v) is 4.37. The van der Waals surface area contributed by atoms with Crippen LogP contribution in [0.25, 0.3) is 5.57 Å². The fourth-order valence-electron chi connectivity index (χ4n) is 1.94. The second kappa shape index (κ2) is 4.61. The molecule has 2 rings (SSSR count). The number of hydrogen-bond donors (Lipinski definition) is 1. The highest BCUT2D eigenvalue weighted by Crippen LogP contribution is 2.45. The van der Waals surface area contributed by atoms with Gasteiger partial charge in [-0.15, -0.1) is 0 Å². The molecule has 0 aromatic heterocycles. The van der Waals surface area contributed by atoms with E-state index in [0.29, 0.717) is 0 Å². The molecule has 0 saturated carbocycles. The Kier molecular flexibility index (Phi) is 3.30. The minimum Gasteiger partial charge on any atom is -0.395 e. The topological polar surface area (TPSA) is 20.2 Å². The van der Waals surface area contributed by atoms with Crippen LogP contribution in [-0.4, -0.2) is 17.9 Å². The summed E-state index contributed by atoms with van der Waals surface area (Å²) < 4.78 is 38.7. The number of rotatable bonds is 2. The van der Waals surface area contributed by atoms with Crippen molar-refractivity contribution in [2.45, 2.75) is 12.6 Å². The number of alkyl halides is 3. The van der Waals surface area contributed by atoms with Crippen LogP contribution in [0.5, 0.6) is 0 Å². The summed E-state index contributed by atoms with van der Waals surface area (Å²) in [7, 11) is 0. The van der Waals surface area contributed by atoms with E-state index in [-0.39, 0.29) is 6.42 Å². The maximum atomic E-state index is 12.9. The van der Waals surface area contributed by atoms with Gasteiger partial charge in [0, 0.05) is 0 Å². The van der Waals surface area contributed by atoms with Gasteiger partial charge in [-0.1, -0.05) is 48.6 Å². The maximum Gasteiger partial charge on any atom is 0.400 e. The zero-order valence-corrected chi connectivity index (χ0v) is 9.61. The first-order valence-electron chi connectivity index (χ1n) is 5.61. The van der Waals surface area contributed by atoms with Crippen LogP contribution >= 0.6 is 0 Å². The average Bonchev–Trinajstić information content (AvgIpc) is 2.38. The van der Waals surface area contributed by atoms with Crippen molar-refractivity contribution >= 4 is 5.57 Å². The van der Waals surface area contributed by atoms with Crippen molar-refractivity contribution in [1.29, 1.82) is 0 Å². The molecule has 1 aliphatic rings. The summed E-state index contributed by atoms with van der Waals surface area (Å²) in [6, 6.07) is 9.21. The summed E-state index contributed by atoms with van der Waals surface area (Å²) in [6.45, 7) is -0.925. The highest BCUT2D eigenvalue weighted by Gasteiger charge is 2.52. The molecule has 4 heteroatoms. The lowest BCUT2D eigenvalue weighted by molar-refractivity contribution is -0.215. The Labute approximate surface area is 103 Å². The number of benzene rings is 1. The van der Waals surface area contributed by atoms with Crippen LogP contribution in [0.3, 0.4) is 0 Å². The average molecular weight is 254 g/mol. The number of hydrogen-bond acceptors (Lipinski definition) is 1. The predicted octanol–water partition coefficient (Wildman–Crippen LogP) is 3.57. The molecule has 1 aliphatic carbocycles. The van der Waals surface area contributed by atoms with Crippen molar-refractivity contribution in [3.05, 3.63) is 54.1 Å². The van der Waals surface area contributed by atoms with Crippen LogP contribution in [0.4, 0.5) is 13.2 Å². The van der Waals surface area contributed by atoms with E-state index in [0.717, 1.165) is 17.2 Å². The molecule has 1 nitrogen and oxygen atoms in total. The van der Waals surface area contributed by atoms with Gasteiger partial charge in [0.25, 0.3) is 0 Å². The molecule has 1 aromatic rings. The molecular formula is C14H13F3O. The standard InChI is InChI=1S/C14H13F3O/c15-14(16,17)13(10-18)8-6-12(7-9-13)11-4-2-1-3-5-11/h1-8,18H,9-10H2. The van der Waals surface area contributed by atoms with E-state index in [9.17, 15) is 13.2 Å². The van der Waals surface area contributed by atoms with Crippen LogP contribution in [0.1, 0.15) is 12.0 Å². The van der Waals surface area contributed by atoms with Crippen molar-refractivity contribution in [2.24, 2.45) is 5.41 Å². The van der Waals surface area contributed by atoms with Crippen LogP contribution < -0.4 is 0 Å². The molecule has 0 fully saturated rings. The van der Waals surface area contributed by atoms with Crippen molar-refractivity contribution < 1.29 is 18.3 Å². The molecule has 96 valence electrons. The monoisotopic (exact) mass is 254 g/mol. The third-order valence-electron chi connectivity index (χ3n) is 3.22. The number of aliphatic hydroxyl groups excluding tert-OH is 1. The van der Waals surface area contributed by atoms with Crippen molar-refractivity contribution in [3.8, 4) is 0 Å². The third-order valence-corrected chi connectivity index (χ3v) is 3.22. The summed E-state index contributed by atoms with van der Waals surface area (Å²) >= 11 is 0. The Morgan fingerprint density at radius 1 is 1.17 bits per heavy atom. The maximum absolute atomic E-state index is 12.9. The molecule has 0 amide bonds. The Morgan fingerprint density at radius 2 is 1.83 bits per heavy atom. The first-order valence-corrected chi connectivity index (χ1v) is 5.61. The highest BCUT2D eigenvalue weighted by molar-refractivity contribution is 5.75. The lowest BCUT2D eigenvalue weighted by Crippen LogP contribution is -2.40. The largest absolute Gasteiger partial charge is 0.400 e.